The molecular weight excluding hydrogens is 295 g/mol. The number of amides is 1. The lowest BCUT2D eigenvalue weighted by Gasteiger charge is -2.24. The molecule has 0 bridgehead atoms. The number of carbonyl (C=O) groups is 1. The maximum Gasteiger partial charge on any atom is 0.416 e. The van der Waals surface area contributed by atoms with Crippen molar-refractivity contribution in [2.75, 3.05) is 6.54 Å². The van der Waals surface area contributed by atoms with Gasteiger partial charge in [-0.2, -0.15) is 13.2 Å². The number of alkyl halides is 5. The first-order chi connectivity index (χ1) is 9.70. The number of hydrogen-bond donors (Lipinski definition) is 1. The van der Waals surface area contributed by atoms with Crippen molar-refractivity contribution in [2.45, 2.75) is 31.7 Å². The Morgan fingerprint density at radius 1 is 1.33 bits per heavy atom. The first-order valence-electron chi connectivity index (χ1n) is 6.22. The minimum atomic E-state index is -4.53. The van der Waals surface area contributed by atoms with Crippen LogP contribution in [0.5, 0.6) is 0 Å². The summed E-state index contributed by atoms with van der Waals surface area (Å²) in [4.78, 5) is 12.7. The highest BCUT2D eigenvalue weighted by molar-refractivity contribution is 5.84. The van der Waals surface area contributed by atoms with Crippen LogP contribution in [-0.2, 0) is 11.0 Å². The Balaban J connectivity index is 2.33. The summed E-state index contributed by atoms with van der Waals surface area (Å²) in [5.74, 6) is -0.558. The van der Waals surface area contributed by atoms with Crippen LogP contribution in [0.15, 0.2) is 24.3 Å². The molecule has 21 heavy (non-hydrogen) atoms. The Bertz CT molecular complexity index is 532. The molecule has 1 aliphatic rings. The monoisotopic (exact) mass is 308 g/mol. The van der Waals surface area contributed by atoms with E-state index < -0.39 is 42.8 Å². The third kappa shape index (κ3) is 3.31. The van der Waals surface area contributed by atoms with Gasteiger partial charge in [0.2, 0.25) is 5.91 Å². The van der Waals surface area contributed by atoms with Crippen LogP contribution < -0.4 is 5.32 Å². The zero-order valence-electron chi connectivity index (χ0n) is 11.0. The van der Waals surface area contributed by atoms with Gasteiger partial charge in [-0.25, -0.2) is 8.78 Å². The van der Waals surface area contributed by atoms with E-state index in [1.807, 2.05) is 0 Å². The Morgan fingerprint density at radius 3 is 2.57 bits per heavy atom. The largest absolute Gasteiger partial charge is 0.416 e. The highest BCUT2D eigenvalue weighted by Gasteiger charge is 2.39. The number of benzene rings is 1. The minimum absolute atomic E-state index is 0.128. The van der Waals surface area contributed by atoms with E-state index in [9.17, 15) is 26.7 Å². The molecule has 1 fully saturated rings. The summed E-state index contributed by atoms with van der Waals surface area (Å²) >= 11 is 0. The Kier molecular flexibility index (Phi) is 4.18. The van der Waals surface area contributed by atoms with Crippen LogP contribution in [0.25, 0.3) is 0 Å². The predicted octanol–water partition coefficient (Wildman–Crippen LogP) is 2.79. The summed E-state index contributed by atoms with van der Waals surface area (Å²) in [7, 11) is 0. The smallest absolute Gasteiger partial charge is 0.316 e. The summed E-state index contributed by atoms with van der Waals surface area (Å²) in [6.07, 6.45) is -8.27. The second-order valence-corrected chi connectivity index (χ2v) is 4.80. The fourth-order valence-corrected chi connectivity index (χ4v) is 2.28. The first-order valence-corrected chi connectivity index (χ1v) is 6.22. The normalized spacial score (nSPS) is 23.2. The van der Waals surface area contributed by atoms with Gasteiger partial charge in [-0.1, -0.05) is 12.1 Å². The standard InChI is InChI=1S/C13H13F5N2O/c1-7-12(21)20(6-10(14)15)11(19-7)8-3-2-4-9(5-8)13(16,17)18/h2-5,7,10-11,19H,6H2,1H3. The molecule has 0 saturated carbocycles. The zero-order chi connectivity index (χ0) is 15.8. The minimum Gasteiger partial charge on any atom is -0.316 e. The number of hydrogen-bond acceptors (Lipinski definition) is 2. The number of halogens is 5. The van der Waals surface area contributed by atoms with Crippen molar-refractivity contribution in [3.63, 3.8) is 0 Å². The lowest BCUT2D eigenvalue weighted by molar-refractivity contribution is -0.137. The van der Waals surface area contributed by atoms with Gasteiger partial charge in [-0.3, -0.25) is 10.1 Å². The molecule has 3 nitrogen and oxygen atoms in total. The Morgan fingerprint density at radius 2 is 2.00 bits per heavy atom. The number of nitrogens with zero attached hydrogens (tertiary/aromatic N) is 1. The van der Waals surface area contributed by atoms with Crippen molar-refractivity contribution in [2.24, 2.45) is 0 Å². The molecule has 116 valence electrons. The van der Waals surface area contributed by atoms with E-state index in [1.165, 1.54) is 19.1 Å². The molecule has 2 unspecified atom stereocenters. The molecule has 1 N–H and O–H groups in total. The third-order valence-corrected chi connectivity index (χ3v) is 3.24. The van der Waals surface area contributed by atoms with Gasteiger partial charge in [0.25, 0.3) is 6.43 Å². The summed E-state index contributed by atoms with van der Waals surface area (Å²) in [6.45, 7) is 0.658. The molecule has 1 aromatic rings. The molecule has 0 radical (unpaired) electrons. The van der Waals surface area contributed by atoms with Gasteiger partial charge in [-0.05, 0) is 24.6 Å². The summed E-state index contributed by atoms with van der Waals surface area (Å²) < 4.78 is 63.2. The summed E-state index contributed by atoms with van der Waals surface area (Å²) in [5, 5.41) is 2.73. The van der Waals surface area contributed by atoms with Crippen molar-refractivity contribution in [1.29, 1.82) is 0 Å². The van der Waals surface area contributed by atoms with Crippen LogP contribution in [0.4, 0.5) is 22.0 Å². The van der Waals surface area contributed by atoms with Gasteiger partial charge in [0.15, 0.2) is 0 Å². The molecule has 1 aliphatic heterocycles. The Labute approximate surface area is 117 Å². The van der Waals surface area contributed by atoms with Crippen molar-refractivity contribution in [1.82, 2.24) is 10.2 Å². The molecule has 8 heteroatoms. The first kappa shape index (κ1) is 15.7. The highest BCUT2D eigenvalue weighted by atomic mass is 19.4. The molecule has 1 amide bonds. The molecular formula is C13H13F5N2O. The third-order valence-electron chi connectivity index (χ3n) is 3.24. The molecule has 1 saturated heterocycles. The lowest BCUT2D eigenvalue weighted by atomic mass is 10.1. The predicted molar refractivity (Wildman–Crippen MR) is 64.5 cm³/mol. The SMILES string of the molecule is CC1NC(c2cccc(C(F)(F)F)c2)N(CC(F)F)C1=O. The molecule has 2 rings (SSSR count). The van der Waals surface area contributed by atoms with Crippen LogP contribution in [0, 0.1) is 0 Å². The average molecular weight is 308 g/mol. The molecule has 2 atom stereocenters. The highest BCUT2D eigenvalue weighted by Crippen LogP contribution is 2.33. The topological polar surface area (TPSA) is 32.3 Å². The van der Waals surface area contributed by atoms with Crippen LogP contribution in [0.1, 0.15) is 24.2 Å². The maximum atomic E-state index is 12.7. The summed E-state index contributed by atoms with van der Waals surface area (Å²) in [5.41, 5.74) is -0.756. The van der Waals surface area contributed by atoms with Gasteiger partial charge in [0.05, 0.1) is 18.2 Å². The Hall–Kier alpha value is -1.70. The number of carbonyl (C=O) groups excluding carboxylic acids is 1. The fourth-order valence-electron chi connectivity index (χ4n) is 2.28. The van der Waals surface area contributed by atoms with E-state index in [-0.39, 0.29) is 5.56 Å². The second kappa shape index (κ2) is 5.59. The van der Waals surface area contributed by atoms with Crippen molar-refractivity contribution < 1.29 is 26.7 Å². The number of nitrogens with one attached hydrogen (secondary N) is 1. The second-order valence-electron chi connectivity index (χ2n) is 4.80. The van der Waals surface area contributed by atoms with E-state index in [0.717, 1.165) is 17.0 Å². The maximum absolute atomic E-state index is 12.7. The van der Waals surface area contributed by atoms with E-state index in [0.29, 0.717) is 0 Å². The molecule has 1 heterocycles. The van der Waals surface area contributed by atoms with E-state index in [2.05, 4.69) is 5.32 Å². The zero-order valence-corrected chi connectivity index (χ0v) is 11.0. The van der Waals surface area contributed by atoms with Crippen molar-refractivity contribution >= 4 is 5.91 Å². The number of rotatable bonds is 3. The fraction of sp³-hybridized carbons (Fsp3) is 0.462. The van der Waals surface area contributed by atoms with Crippen LogP contribution in [0.2, 0.25) is 0 Å². The van der Waals surface area contributed by atoms with E-state index in [4.69, 9.17) is 0 Å². The molecule has 1 aromatic carbocycles. The van der Waals surface area contributed by atoms with Crippen LogP contribution in [0.3, 0.4) is 0 Å². The van der Waals surface area contributed by atoms with Gasteiger partial charge >= 0.3 is 6.18 Å². The molecule has 0 aliphatic carbocycles. The van der Waals surface area contributed by atoms with Crippen LogP contribution >= 0.6 is 0 Å². The van der Waals surface area contributed by atoms with Gasteiger partial charge < -0.3 is 4.90 Å². The quantitative estimate of drug-likeness (QED) is 0.871. The van der Waals surface area contributed by atoms with Crippen molar-refractivity contribution in [3.05, 3.63) is 35.4 Å². The van der Waals surface area contributed by atoms with E-state index >= 15 is 0 Å². The lowest BCUT2D eigenvalue weighted by Crippen LogP contribution is -2.34. The molecule has 0 aromatic heterocycles. The van der Waals surface area contributed by atoms with Gasteiger partial charge in [0.1, 0.15) is 6.17 Å². The summed E-state index contributed by atoms with van der Waals surface area (Å²) in [6, 6.07) is 3.59. The van der Waals surface area contributed by atoms with Crippen LogP contribution in [-0.4, -0.2) is 29.8 Å². The average Bonchev–Trinajstić information content (AvgIpc) is 2.66. The van der Waals surface area contributed by atoms with Gasteiger partial charge in [-0.15, -0.1) is 0 Å². The van der Waals surface area contributed by atoms with Gasteiger partial charge in [0, 0.05) is 0 Å². The molecule has 0 spiro atoms. The van der Waals surface area contributed by atoms with E-state index in [1.54, 1.807) is 0 Å². The van der Waals surface area contributed by atoms with Crippen molar-refractivity contribution in [3.8, 4) is 0 Å².